The summed E-state index contributed by atoms with van der Waals surface area (Å²) < 4.78 is 23.3. The Morgan fingerprint density at radius 1 is 1.08 bits per heavy atom. The van der Waals surface area contributed by atoms with Gasteiger partial charge in [-0.25, -0.2) is 8.42 Å². The van der Waals surface area contributed by atoms with Gasteiger partial charge >= 0.3 is 0 Å². The molecule has 1 aliphatic heterocycles. The zero-order valence-corrected chi connectivity index (χ0v) is 22.4. The molecule has 1 aliphatic rings. The maximum atomic E-state index is 12.6. The monoisotopic (exact) mass is 513 g/mol. The molecular formula is C28H39N3O4S. The number of carbonyl (C=O) groups excluding carboxylic acids is 2. The van der Waals surface area contributed by atoms with Crippen LogP contribution < -0.4 is 10.6 Å². The number of sulfone groups is 1. The van der Waals surface area contributed by atoms with Gasteiger partial charge in [0.15, 0.2) is 9.84 Å². The van der Waals surface area contributed by atoms with Crippen LogP contribution in [-0.4, -0.2) is 56.6 Å². The zero-order valence-electron chi connectivity index (χ0n) is 21.6. The molecule has 2 aromatic carbocycles. The van der Waals surface area contributed by atoms with Crippen molar-refractivity contribution in [2.24, 2.45) is 0 Å². The summed E-state index contributed by atoms with van der Waals surface area (Å²) in [6, 6.07) is 14.3. The molecule has 0 radical (unpaired) electrons. The van der Waals surface area contributed by atoms with E-state index in [2.05, 4.69) is 24.5 Å². The van der Waals surface area contributed by atoms with Crippen LogP contribution in [0.3, 0.4) is 0 Å². The average molecular weight is 514 g/mol. The molecule has 1 saturated heterocycles. The zero-order chi connectivity index (χ0) is 26.1. The Bertz CT molecular complexity index is 1130. The molecule has 36 heavy (non-hydrogen) atoms. The minimum atomic E-state index is -3.30. The van der Waals surface area contributed by atoms with Gasteiger partial charge in [-0.05, 0) is 81.0 Å². The minimum Gasteiger partial charge on any atom is -0.343 e. The quantitative estimate of drug-likeness (QED) is 0.463. The number of nitrogens with zero attached hydrogens (tertiary/aromatic N) is 1. The summed E-state index contributed by atoms with van der Waals surface area (Å²) >= 11 is 0. The molecule has 0 aromatic heterocycles. The van der Waals surface area contributed by atoms with Crippen LogP contribution in [0.5, 0.6) is 0 Å². The fraction of sp³-hybridized carbons (Fsp3) is 0.500. The molecule has 196 valence electrons. The van der Waals surface area contributed by atoms with Gasteiger partial charge in [0.25, 0.3) is 5.91 Å². The van der Waals surface area contributed by atoms with E-state index in [-0.39, 0.29) is 16.8 Å². The minimum absolute atomic E-state index is 0.186. The summed E-state index contributed by atoms with van der Waals surface area (Å²) in [5.74, 6) is 0.00749. The standard InChI is InChI=1S/C28H39N3O4S/c1-4-24(16-18-31-17-7-5-6-11-27(31)32)29-21(2)19-22-9-8-10-25(20-22)30-28(33)23-12-14-26(15-13-23)36(3,34)35/h8-10,12-15,20-21,24,29H,4-7,11,16-19H2,1-3H3,(H,30,33). The largest absolute Gasteiger partial charge is 0.343 e. The first-order valence-corrected chi connectivity index (χ1v) is 14.8. The second-order valence-electron chi connectivity index (χ2n) is 9.81. The van der Waals surface area contributed by atoms with E-state index < -0.39 is 9.84 Å². The number of rotatable bonds is 11. The number of amides is 2. The molecule has 0 spiro atoms. The Morgan fingerprint density at radius 2 is 1.83 bits per heavy atom. The Hall–Kier alpha value is -2.71. The number of hydrogen-bond acceptors (Lipinski definition) is 5. The maximum absolute atomic E-state index is 12.6. The second kappa shape index (κ2) is 13.0. The van der Waals surface area contributed by atoms with Crippen molar-refractivity contribution in [2.75, 3.05) is 24.7 Å². The molecule has 3 rings (SSSR count). The molecule has 0 saturated carbocycles. The topological polar surface area (TPSA) is 95.6 Å². The van der Waals surface area contributed by atoms with Crippen molar-refractivity contribution >= 4 is 27.3 Å². The lowest BCUT2D eigenvalue weighted by atomic mass is 10.0. The number of likely N-dealkylation sites (tertiary alicyclic amines) is 1. The van der Waals surface area contributed by atoms with Crippen molar-refractivity contribution in [1.82, 2.24) is 10.2 Å². The fourth-order valence-corrected chi connectivity index (χ4v) is 5.27. The van der Waals surface area contributed by atoms with Gasteiger partial charge < -0.3 is 15.5 Å². The second-order valence-corrected chi connectivity index (χ2v) is 11.8. The van der Waals surface area contributed by atoms with E-state index in [1.165, 1.54) is 24.3 Å². The van der Waals surface area contributed by atoms with Crippen LogP contribution in [0.25, 0.3) is 0 Å². The number of hydrogen-bond donors (Lipinski definition) is 2. The smallest absolute Gasteiger partial charge is 0.255 e. The highest BCUT2D eigenvalue weighted by Crippen LogP contribution is 2.17. The van der Waals surface area contributed by atoms with Gasteiger partial charge in [0.1, 0.15) is 0 Å². The van der Waals surface area contributed by atoms with Crippen LogP contribution in [-0.2, 0) is 21.1 Å². The Kier molecular flexibility index (Phi) is 10.1. The molecule has 1 heterocycles. The Balaban J connectivity index is 1.52. The Morgan fingerprint density at radius 3 is 2.53 bits per heavy atom. The van der Waals surface area contributed by atoms with Gasteiger partial charge in [-0.1, -0.05) is 25.5 Å². The first kappa shape index (κ1) is 27.9. The third kappa shape index (κ3) is 8.45. The molecule has 2 amide bonds. The van der Waals surface area contributed by atoms with Crippen LogP contribution in [0.2, 0.25) is 0 Å². The van der Waals surface area contributed by atoms with Gasteiger partial charge in [0.05, 0.1) is 4.90 Å². The normalized spacial score (nSPS) is 16.3. The Labute approximate surface area is 215 Å². The summed E-state index contributed by atoms with van der Waals surface area (Å²) in [7, 11) is -3.30. The lowest BCUT2D eigenvalue weighted by Crippen LogP contribution is -2.41. The number of nitrogens with one attached hydrogen (secondary N) is 2. The van der Waals surface area contributed by atoms with E-state index in [1.807, 2.05) is 29.2 Å². The van der Waals surface area contributed by atoms with Crippen molar-refractivity contribution in [3.8, 4) is 0 Å². The molecule has 2 unspecified atom stereocenters. The van der Waals surface area contributed by atoms with Crippen LogP contribution in [0.4, 0.5) is 5.69 Å². The maximum Gasteiger partial charge on any atom is 0.255 e. The van der Waals surface area contributed by atoms with E-state index in [4.69, 9.17) is 0 Å². The molecule has 0 aliphatic carbocycles. The van der Waals surface area contributed by atoms with Crippen LogP contribution in [0.15, 0.2) is 53.4 Å². The van der Waals surface area contributed by atoms with E-state index in [1.54, 1.807) is 0 Å². The van der Waals surface area contributed by atoms with E-state index in [9.17, 15) is 18.0 Å². The van der Waals surface area contributed by atoms with Gasteiger partial charge in [0.2, 0.25) is 5.91 Å². The first-order valence-electron chi connectivity index (χ1n) is 12.9. The predicted molar refractivity (Wildman–Crippen MR) is 144 cm³/mol. The average Bonchev–Trinajstić information content (AvgIpc) is 3.05. The molecule has 7 nitrogen and oxygen atoms in total. The third-order valence-electron chi connectivity index (χ3n) is 6.70. The molecule has 0 bridgehead atoms. The predicted octanol–water partition coefficient (Wildman–Crippen LogP) is 4.43. The highest BCUT2D eigenvalue weighted by molar-refractivity contribution is 7.90. The lowest BCUT2D eigenvalue weighted by Gasteiger charge is -2.26. The summed E-state index contributed by atoms with van der Waals surface area (Å²) in [6.07, 6.45) is 7.83. The van der Waals surface area contributed by atoms with E-state index in [0.29, 0.717) is 29.6 Å². The summed E-state index contributed by atoms with van der Waals surface area (Å²) in [4.78, 5) is 27.1. The van der Waals surface area contributed by atoms with Crippen molar-refractivity contribution in [3.63, 3.8) is 0 Å². The van der Waals surface area contributed by atoms with Crippen LogP contribution in [0.1, 0.15) is 68.3 Å². The molecule has 2 N–H and O–H groups in total. The van der Waals surface area contributed by atoms with E-state index in [0.717, 1.165) is 63.4 Å². The van der Waals surface area contributed by atoms with Gasteiger partial charge in [0, 0.05) is 49.1 Å². The van der Waals surface area contributed by atoms with Gasteiger partial charge in [-0.3, -0.25) is 9.59 Å². The number of anilines is 1. The molecule has 1 fully saturated rings. The first-order chi connectivity index (χ1) is 17.2. The molecule has 2 atom stereocenters. The fourth-order valence-electron chi connectivity index (χ4n) is 4.64. The third-order valence-corrected chi connectivity index (χ3v) is 7.83. The van der Waals surface area contributed by atoms with Gasteiger partial charge in [-0.15, -0.1) is 0 Å². The lowest BCUT2D eigenvalue weighted by molar-refractivity contribution is -0.130. The molecular weight excluding hydrogens is 474 g/mol. The van der Waals surface area contributed by atoms with Crippen LogP contribution in [0, 0.1) is 0 Å². The summed E-state index contributed by atoms with van der Waals surface area (Å²) in [5, 5.41) is 6.62. The van der Waals surface area contributed by atoms with E-state index >= 15 is 0 Å². The summed E-state index contributed by atoms with van der Waals surface area (Å²) in [6.45, 7) is 6.02. The molecule has 8 heteroatoms. The molecule has 2 aromatic rings. The number of carbonyl (C=O) groups is 2. The SMILES string of the molecule is CCC(CCN1CCCCCC1=O)NC(C)Cc1cccc(NC(=O)c2ccc(S(C)(=O)=O)cc2)c1. The highest BCUT2D eigenvalue weighted by atomic mass is 32.2. The van der Waals surface area contributed by atoms with Crippen molar-refractivity contribution in [2.45, 2.75) is 75.8 Å². The van der Waals surface area contributed by atoms with Crippen molar-refractivity contribution in [3.05, 3.63) is 59.7 Å². The van der Waals surface area contributed by atoms with Gasteiger partial charge in [-0.2, -0.15) is 0 Å². The van der Waals surface area contributed by atoms with Crippen molar-refractivity contribution < 1.29 is 18.0 Å². The number of benzene rings is 2. The van der Waals surface area contributed by atoms with Crippen molar-refractivity contribution in [1.29, 1.82) is 0 Å². The highest BCUT2D eigenvalue weighted by Gasteiger charge is 2.19. The van der Waals surface area contributed by atoms with Crippen LogP contribution >= 0.6 is 0 Å². The summed E-state index contributed by atoms with van der Waals surface area (Å²) in [5.41, 5.74) is 2.21.